The minimum atomic E-state index is 1.10. The molecule has 0 rings (SSSR count). The lowest BCUT2D eigenvalue weighted by Gasteiger charge is -1.96. The largest absolute Gasteiger partial charge is 0.224 e. The quantitative estimate of drug-likeness (QED) is 0.247. The molecule has 0 N–H and O–H groups in total. The normalized spacial score (nSPS) is 9.79. The molecule has 1 nitrogen and oxygen atoms in total. The summed E-state index contributed by atoms with van der Waals surface area (Å²) in [6, 6.07) is 0. The molecule has 0 atom stereocenters. The molecular weight excluding hydrogens is 172 g/mol. The Balaban J connectivity index is 3.17. The summed E-state index contributed by atoms with van der Waals surface area (Å²) in [5.41, 5.74) is 2.35. The molecule has 14 heavy (non-hydrogen) atoms. The Morgan fingerprint density at radius 1 is 1.07 bits per heavy atom. The number of rotatable bonds is 8. The van der Waals surface area contributed by atoms with E-state index in [-0.39, 0.29) is 0 Å². The highest BCUT2D eigenvalue weighted by atomic mass is 16.1. The lowest BCUT2D eigenvalue weighted by atomic mass is 10.1. The van der Waals surface area contributed by atoms with E-state index in [2.05, 4.69) is 18.7 Å². The lowest BCUT2D eigenvalue weighted by molar-refractivity contribution is 0.569. The number of carbonyl (C=O) groups excluding carboxylic acids is 1. The van der Waals surface area contributed by atoms with Crippen LogP contribution in [0.2, 0.25) is 0 Å². The maximum absolute atomic E-state index is 9.74. The minimum absolute atomic E-state index is 1.10. The second-order valence-electron chi connectivity index (χ2n) is 3.40. The fraction of sp³-hybridized carbons (Fsp3) is 0.615. The Labute approximate surface area is 87.2 Å². The van der Waals surface area contributed by atoms with Crippen LogP contribution in [0.4, 0.5) is 0 Å². The third-order valence-electron chi connectivity index (χ3n) is 2.10. The molecule has 0 aliphatic heterocycles. The average molecular weight is 192 g/mol. The molecule has 0 spiro atoms. The van der Waals surface area contributed by atoms with E-state index in [1.165, 1.54) is 38.5 Å². The van der Waals surface area contributed by atoms with Crippen LogP contribution >= 0.6 is 0 Å². The summed E-state index contributed by atoms with van der Waals surface area (Å²) >= 11 is 0. The van der Waals surface area contributed by atoms with E-state index in [9.17, 15) is 4.79 Å². The maximum Gasteiger partial charge on any atom is 0.177 e. The van der Waals surface area contributed by atoms with Crippen molar-refractivity contribution in [2.75, 3.05) is 0 Å². The number of unbranched alkanes of at least 4 members (excludes halogenated alkanes) is 6. The smallest absolute Gasteiger partial charge is 0.177 e. The average Bonchev–Trinajstić information content (AvgIpc) is 2.21. The van der Waals surface area contributed by atoms with E-state index in [4.69, 9.17) is 0 Å². The third-order valence-corrected chi connectivity index (χ3v) is 2.10. The van der Waals surface area contributed by atoms with Gasteiger partial charge in [-0.3, -0.25) is 0 Å². The van der Waals surface area contributed by atoms with Gasteiger partial charge in [-0.15, -0.1) is 0 Å². The maximum atomic E-state index is 9.74. The lowest BCUT2D eigenvalue weighted by Crippen LogP contribution is -1.77. The fourth-order valence-electron chi connectivity index (χ4n) is 1.29. The summed E-state index contributed by atoms with van der Waals surface area (Å²) in [5.74, 6) is 1.59. The van der Waals surface area contributed by atoms with Crippen molar-refractivity contribution in [2.24, 2.45) is 0 Å². The van der Waals surface area contributed by atoms with Crippen molar-refractivity contribution >= 4 is 5.94 Å². The van der Waals surface area contributed by atoms with Crippen LogP contribution < -0.4 is 0 Å². The SMILES string of the molecule is CCCCCCCCC=CC=C=C=O. The molecule has 0 aromatic carbocycles. The van der Waals surface area contributed by atoms with Gasteiger partial charge in [-0.25, -0.2) is 4.79 Å². The van der Waals surface area contributed by atoms with E-state index >= 15 is 0 Å². The van der Waals surface area contributed by atoms with Gasteiger partial charge < -0.3 is 0 Å². The van der Waals surface area contributed by atoms with Crippen molar-refractivity contribution in [1.82, 2.24) is 0 Å². The van der Waals surface area contributed by atoms with Crippen LogP contribution in [0.15, 0.2) is 24.0 Å². The van der Waals surface area contributed by atoms with Crippen LogP contribution in [-0.2, 0) is 4.79 Å². The van der Waals surface area contributed by atoms with Crippen molar-refractivity contribution < 1.29 is 4.79 Å². The molecule has 0 amide bonds. The first-order valence-electron chi connectivity index (χ1n) is 5.52. The van der Waals surface area contributed by atoms with E-state index in [0.29, 0.717) is 0 Å². The van der Waals surface area contributed by atoms with E-state index in [1.54, 1.807) is 12.0 Å². The van der Waals surface area contributed by atoms with E-state index in [1.807, 2.05) is 6.08 Å². The molecule has 0 unspecified atom stereocenters. The third kappa shape index (κ3) is 11.0. The molecule has 0 aliphatic rings. The fourth-order valence-corrected chi connectivity index (χ4v) is 1.29. The second-order valence-corrected chi connectivity index (χ2v) is 3.40. The Hall–Kier alpha value is -1.03. The molecule has 0 saturated heterocycles. The summed E-state index contributed by atoms with van der Waals surface area (Å²) in [6.07, 6.45) is 14.6. The molecule has 0 radical (unpaired) electrons. The van der Waals surface area contributed by atoms with Crippen molar-refractivity contribution in [3.63, 3.8) is 0 Å². The zero-order chi connectivity index (χ0) is 10.5. The molecule has 0 heterocycles. The van der Waals surface area contributed by atoms with E-state index < -0.39 is 0 Å². The molecule has 1 heteroatoms. The summed E-state index contributed by atoms with van der Waals surface area (Å²) in [4.78, 5) is 9.74. The Bertz CT molecular complexity index is 215. The molecule has 78 valence electrons. The summed E-state index contributed by atoms with van der Waals surface area (Å²) in [7, 11) is 0. The first-order chi connectivity index (χ1) is 6.91. The number of hydrogen-bond acceptors (Lipinski definition) is 1. The van der Waals surface area contributed by atoms with Crippen LogP contribution in [0.25, 0.3) is 0 Å². The second kappa shape index (κ2) is 12.0. The van der Waals surface area contributed by atoms with Crippen LogP contribution in [0.3, 0.4) is 0 Å². The first kappa shape index (κ1) is 13.0. The standard InChI is InChI=1S/C13H20O/c1-2-3-4-5-6-7-8-9-10-11-12-13-14/h9-11H,2-8H2,1H3. The molecule has 0 saturated carbocycles. The van der Waals surface area contributed by atoms with Crippen molar-refractivity contribution in [3.8, 4) is 0 Å². The van der Waals surface area contributed by atoms with Crippen molar-refractivity contribution in [3.05, 3.63) is 24.0 Å². The van der Waals surface area contributed by atoms with Gasteiger partial charge >= 0.3 is 0 Å². The predicted molar refractivity (Wildman–Crippen MR) is 60.9 cm³/mol. The Kier molecular flexibility index (Phi) is 11.1. The zero-order valence-corrected chi connectivity index (χ0v) is 9.09. The monoisotopic (exact) mass is 192 g/mol. The van der Waals surface area contributed by atoms with Crippen LogP contribution in [0.5, 0.6) is 0 Å². The molecule has 0 fully saturated rings. The topological polar surface area (TPSA) is 17.1 Å². The molecule has 0 aliphatic carbocycles. The van der Waals surface area contributed by atoms with Crippen LogP contribution in [0.1, 0.15) is 51.9 Å². The highest BCUT2D eigenvalue weighted by Gasteiger charge is 1.87. The van der Waals surface area contributed by atoms with Crippen molar-refractivity contribution in [1.29, 1.82) is 0 Å². The van der Waals surface area contributed by atoms with Gasteiger partial charge in [-0.05, 0) is 24.6 Å². The Morgan fingerprint density at radius 2 is 1.79 bits per heavy atom. The van der Waals surface area contributed by atoms with Crippen LogP contribution in [-0.4, -0.2) is 5.94 Å². The van der Waals surface area contributed by atoms with Gasteiger partial charge in [0.2, 0.25) is 0 Å². The summed E-state index contributed by atoms with van der Waals surface area (Å²) < 4.78 is 0. The summed E-state index contributed by atoms with van der Waals surface area (Å²) in [6.45, 7) is 2.23. The van der Waals surface area contributed by atoms with Gasteiger partial charge in [0.05, 0.1) is 0 Å². The summed E-state index contributed by atoms with van der Waals surface area (Å²) in [5, 5.41) is 0. The number of hydrogen-bond donors (Lipinski definition) is 0. The van der Waals surface area contributed by atoms with Crippen molar-refractivity contribution in [2.45, 2.75) is 51.9 Å². The van der Waals surface area contributed by atoms with Gasteiger partial charge in [0.25, 0.3) is 0 Å². The van der Waals surface area contributed by atoms with Crippen LogP contribution in [0, 0.1) is 0 Å². The highest BCUT2D eigenvalue weighted by Crippen LogP contribution is 2.06. The highest BCUT2D eigenvalue weighted by molar-refractivity contribution is 5.44. The molecular formula is C13H20O. The first-order valence-corrected chi connectivity index (χ1v) is 5.52. The van der Waals surface area contributed by atoms with Gasteiger partial charge in [0.1, 0.15) is 0 Å². The van der Waals surface area contributed by atoms with Gasteiger partial charge in [0.15, 0.2) is 5.94 Å². The zero-order valence-electron chi connectivity index (χ0n) is 9.09. The number of allylic oxidation sites excluding steroid dienone is 3. The van der Waals surface area contributed by atoms with Gasteiger partial charge in [-0.1, -0.05) is 51.2 Å². The Morgan fingerprint density at radius 3 is 2.50 bits per heavy atom. The predicted octanol–water partition coefficient (Wildman–Crippen LogP) is 3.84. The van der Waals surface area contributed by atoms with Gasteiger partial charge in [0, 0.05) is 0 Å². The van der Waals surface area contributed by atoms with Gasteiger partial charge in [-0.2, -0.15) is 0 Å². The van der Waals surface area contributed by atoms with E-state index in [0.717, 1.165) is 6.42 Å². The minimum Gasteiger partial charge on any atom is -0.224 e. The molecule has 0 bridgehead atoms. The molecule has 0 aromatic heterocycles. The molecule has 0 aromatic rings.